The second kappa shape index (κ2) is 13.4. The van der Waals surface area contributed by atoms with E-state index in [9.17, 15) is 14.4 Å². The molecular weight excluding hydrogens is 354 g/mol. The zero-order valence-corrected chi connectivity index (χ0v) is 16.9. The first-order chi connectivity index (χ1) is 13.4. The number of rotatable bonds is 12. The Labute approximate surface area is 167 Å². The third-order valence-electron chi connectivity index (χ3n) is 4.10. The van der Waals surface area contributed by atoms with E-state index in [-0.39, 0.29) is 24.0 Å². The number of nitrogens with zero attached hydrogens (tertiary/aromatic N) is 1. The van der Waals surface area contributed by atoms with Crippen LogP contribution in [-0.2, 0) is 14.4 Å². The Bertz CT molecular complexity index is 729. The van der Waals surface area contributed by atoms with Crippen LogP contribution in [0.25, 0.3) is 6.08 Å². The van der Waals surface area contributed by atoms with Crippen molar-refractivity contribution in [2.24, 2.45) is 10.9 Å². The van der Waals surface area contributed by atoms with Crippen LogP contribution >= 0.6 is 0 Å². The maximum Gasteiger partial charge on any atom is 0.316 e. The third-order valence-corrected chi connectivity index (χ3v) is 4.10. The molecule has 0 amide bonds. The molecular formula is C23H29NO4. The molecule has 5 nitrogen and oxygen atoms in total. The number of carbonyl (C=O) groups excluding carboxylic acids is 3. The number of esters is 1. The zero-order chi connectivity index (χ0) is 20.8. The van der Waals surface area contributed by atoms with Crippen LogP contribution in [0.4, 0.5) is 0 Å². The van der Waals surface area contributed by atoms with Crippen molar-refractivity contribution < 1.29 is 19.1 Å². The number of hydrogen-bond acceptors (Lipinski definition) is 5. The van der Waals surface area contributed by atoms with Crippen LogP contribution in [-0.4, -0.2) is 30.3 Å². The minimum absolute atomic E-state index is 0.0237. The SMILES string of the molecule is CC=CC(=O)CC(CC)CCN=CCC(=O)Oc1ccc(C=CC(C)=O)cc1. The molecule has 0 aliphatic carbocycles. The van der Waals surface area contributed by atoms with Crippen molar-refractivity contribution in [3.8, 4) is 5.75 Å². The van der Waals surface area contributed by atoms with Gasteiger partial charge in [0.25, 0.3) is 0 Å². The van der Waals surface area contributed by atoms with Gasteiger partial charge in [0.2, 0.25) is 0 Å². The van der Waals surface area contributed by atoms with E-state index in [2.05, 4.69) is 11.9 Å². The Hall–Kier alpha value is -2.82. The quantitative estimate of drug-likeness (QED) is 0.229. The number of ether oxygens (including phenoxy) is 1. The minimum Gasteiger partial charge on any atom is -0.426 e. The maximum atomic E-state index is 11.9. The topological polar surface area (TPSA) is 72.8 Å². The van der Waals surface area contributed by atoms with Crippen molar-refractivity contribution in [1.29, 1.82) is 0 Å². The summed E-state index contributed by atoms with van der Waals surface area (Å²) in [6.07, 6.45) is 10.5. The highest BCUT2D eigenvalue weighted by Crippen LogP contribution is 2.15. The maximum absolute atomic E-state index is 11.9. The van der Waals surface area contributed by atoms with Gasteiger partial charge in [0.1, 0.15) is 5.75 Å². The highest BCUT2D eigenvalue weighted by molar-refractivity contribution is 5.91. The molecule has 0 aliphatic rings. The fraction of sp³-hybridized carbons (Fsp3) is 0.391. The summed E-state index contributed by atoms with van der Waals surface area (Å²) in [6.45, 7) is 5.98. The lowest BCUT2D eigenvalue weighted by molar-refractivity contribution is -0.133. The number of carbonyl (C=O) groups is 3. The number of hydrogen-bond donors (Lipinski definition) is 0. The number of allylic oxidation sites excluding steroid dienone is 3. The molecule has 0 fully saturated rings. The molecule has 0 bridgehead atoms. The van der Waals surface area contributed by atoms with Crippen molar-refractivity contribution in [1.82, 2.24) is 0 Å². The van der Waals surface area contributed by atoms with Crippen LogP contribution in [0.5, 0.6) is 5.75 Å². The monoisotopic (exact) mass is 383 g/mol. The number of benzene rings is 1. The molecule has 0 aliphatic heterocycles. The first kappa shape index (κ1) is 23.2. The first-order valence-corrected chi connectivity index (χ1v) is 9.57. The van der Waals surface area contributed by atoms with E-state index in [0.717, 1.165) is 18.4 Å². The van der Waals surface area contributed by atoms with Crippen molar-refractivity contribution in [2.75, 3.05) is 6.54 Å². The Morgan fingerprint density at radius 1 is 1.14 bits per heavy atom. The second-order valence-corrected chi connectivity index (χ2v) is 6.51. The number of ketones is 2. The summed E-state index contributed by atoms with van der Waals surface area (Å²) in [7, 11) is 0. The summed E-state index contributed by atoms with van der Waals surface area (Å²) >= 11 is 0. The lowest BCUT2D eigenvalue weighted by Gasteiger charge is -2.10. The van der Waals surface area contributed by atoms with Crippen LogP contribution in [0.15, 0.2) is 47.5 Å². The lowest BCUT2D eigenvalue weighted by Crippen LogP contribution is -2.09. The predicted molar refractivity (Wildman–Crippen MR) is 113 cm³/mol. The van der Waals surface area contributed by atoms with Gasteiger partial charge >= 0.3 is 5.97 Å². The van der Waals surface area contributed by atoms with Gasteiger partial charge in [0.15, 0.2) is 11.6 Å². The highest BCUT2D eigenvalue weighted by Gasteiger charge is 2.09. The highest BCUT2D eigenvalue weighted by atomic mass is 16.5. The molecule has 1 aromatic carbocycles. The summed E-state index contributed by atoms with van der Waals surface area (Å²) in [6, 6.07) is 6.91. The van der Waals surface area contributed by atoms with Gasteiger partial charge in [-0.2, -0.15) is 0 Å². The van der Waals surface area contributed by atoms with Crippen LogP contribution in [0, 0.1) is 5.92 Å². The van der Waals surface area contributed by atoms with E-state index < -0.39 is 0 Å². The van der Waals surface area contributed by atoms with Gasteiger partial charge in [-0.1, -0.05) is 37.6 Å². The molecule has 28 heavy (non-hydrogen) atoms. The molecule has 150 valence electrons. The summed E-state index contributed by atoms with van der Waals surface area (Å²) in [5, 5.41) is 0. The predicted octanol–water partition coefficient (Wildman–Crippen LogP) is 4.61. The molecule has 0 saturated heterocycles. The lowest BCUT2D eigenvalue weighted by atomic mass is 9.96. The summed E-state index contributed by atoms with van der Waals surface area (Å²) in [5.74, 6) is 0.496. The fourth-order valence-electron chi connectivity index (χ4n) is 2.51. The normalized spacial score (nSPS) is 12.7. The van der Waals surface area contributed by atoms with Gasteiger partial charge in [-0.05, 0) is 56.0 Å². The fourth-order valence-corrected chi connectivity index (χ4v) is 2.51. The Morgan fingerprint density at radius 2 is 1.86 bits per heavy atom. The number of aliphatic imine (C=N–C) groups is 1. The molecule has 0 heterocycles. The van der Waals surface area contributed by atoms with E-state index >= 15 is 0 Å². The summed E-state index contributed by atoms with van der Waals surface area (Å²) in [4.78, 5) is 38.7. The van der Waals surface area contributed by atoms with Crippen LogP contribution in [0.2, 0.25) is 0 Å². The average molecular weight is 383 g/mol. The van der Waals surface area contributed by atoms with Crippen molar-refractivity contribution in [3.63, 3.8) is 0 Å². The molecule has 0 radical (unpaired) electrons. The molecule has 1 atom stereocenters. The van der Waals surface area contributed by atoms with Gasteiger partial charge in [-0.15, -0.1) is 0 Å². The molecule has 1 aromatic rings. The van der Waals surface area contributed by atoms with Crippen LogP contribution in [0.1, 0.15) is 52.0 Å². The zero-order valence-electron chi connectivity index (χ0n) is 16.9. The molecule has 0 aromatic heterocycles. The Balaban J connectivity index is 2.35. The van der Waals surface area contributed by atoms with Crippen molar-refractivity contribution in [3.05, 3.63) is 48.1 Å². The van der Waals surface area contributed by atoms with Gasteiger partial charge in [-0.3, -0.25) is 19.4 Å². The third kappa shape index (κ3) is 10.4. The van der Waals surface area contributed by atoms with E-state index in [4.69, 9.17) is 4.74 Å². The van der Waals surface area contributed by atoms with Crippen LogP contribution in [0.3, 0.4) is 0 Å². The van der Waals surface area contributed by atoms with E-state index in [1.165, 1.54) is 13.0 Å². The average Bonchev–Trinajstić information content (AvgIpc) is 2.66. The first-order valence-electron chi connectivity index (χ1n) is 9.57. The smallest absolute Gasteiger partial charge is 0.316 e. The summed E-state index contributed by atoms with van der Waals surface area (Å²) < 4.78 is 5.25. The Kier molecular flexibility index (Phi) is 11.1. The van der Waals surface area contributed by atoms with E-state index in [1.54, 1.807) is 48.7 Å². The molecule has 0 N–H and O–H groups in total. The van der Waals surface area contributed by atoms with E-state index in [0.29, 0.717) is 24.6 Å². The van der Waals surface area contributed by atoms with E-state index in [1.807, 2.05) is 6.92 Å². The van der Waals surface area contributed by atoms with Gasteiger partial charge in [-0.25, -0.2) is 0 Å². The molecule has 0 spiro atoms. The standard InChI is InChI=1S/C23H29NO4/c1-4-6-21(26)17-19(5-2)13-15-24-16-14-23(27)28-22-11-9-20(10-12-22)8-7-18(3)25/h4,6-12,16,19H,5,13-15,17H2,1-3H3. The molecule has 5 heteroatoms. The second-order valence-electron chi connectivity index (χ2n) is 6.51. The molecule has 1 rings (SSSR count). The van der Waals surface area contributed by atoms with Gasteiger partial charge in [0.05, 0.1) is 6.42 Å². The van der Waals surface area contributed by atoms with Crippen LogP contribution < -0.4 is 4.74 Å². The largest absolute Gasteiger partial charge is 0.426 e. The van der Waals surface area contributed by atoms with Gasteiger partial charge in [0, 0.05) is 19.2 Å². The molecule has 0 saturated carbocycles. The summed E-state index contributed by atoms with van der Waals surface area (Å²) in [5.41, 5.74) is 0.856. The van der Waals surface area contributed by atoms with Gasteiger partial charge < -0.3 is 4.74 Å². The van der Waals surface area contributed by atoms with Crippen molar-refractivity contribution >= 4 is 29.8 Å². The Morgan fingerprint density at radius 3 is 2.46 bits per heavy atom. The van der Waals surface area contributed by atoms with Crippen molar-refractivity contribution in [2.45, 2.75) is 46.5 Å². The minimum atomic E-state index is -0.383. The molecule has 1 unspecified atom stereocenters.